The third-order valence-electron chi connectivity index (χ3n) is 5.54. The molecule has 1 unspecified atom stereocenters. The Balaban J connectivity index is 1.77. The Morgan fingerprint density at radius 1 is 0.964 bits per heavy atom. The van der Waals surface area contributed by atoms with Crippen molar-refractivity contribution in [2.24, 2.45) is 0 Å². The van der Waals surface area contributed by atoms with Crippen LogP contribution in [0, 0.1) is 0 Å². The van der Waals surface area contributed by atoms with E-state index in [-0.39, 0.29) is 11.9 Å². The number of rotatable bonds is 8. The minimum Gasteiger partial charge on any atom is -0.289 e. The normalized spacial score (nSPS) is 16.6. The second kappa shape index (κ2) is 10.1. The van der Waals surface area contributed by atoms with Gasteiger partial charge in [0.05, 0.1) is 13.1 Å². The van der Waals surface area contributed by atoms with Gasteiger partial charge < -0.3 is 0 Å². The highest BCUT2D eigenvalue weighted by Crippen LogP contribution is 2.22. The molecule has 150 valence electrons. The number of halogens is 1. The Morgan fingerprint density at radius 2 is 1.64 bits per heavy atom. The standard InChI is InChI=1S/C23H30ClN3O/c1-3-26(4-2)27-15-14-25(18-23(27)28)21(16-19-10-6-5-7-11-19)17-20-12-8-9-13-22(20)24/h5-13,21H,3-4,14-18H2,1-2H3. The molecule has 28 heavy (non-hydrogen) atoms. The van der Waals surface area contributed by atoms with Crippen LogP contribution in [0.1, 0.15) is 25.0 Å². The van der Waals surface area contributed by atoms with Crippen LogP contribution in [-0.2, 0) is 17.6 Å². The highest BCUT2D eigenvalue weighted by atomic mass is 35.5. The van der Waals surface area contributed by atoms with Crippen LogP contribution >= 0.6 is 11.6 Å². The van der Waals surface area contributed by atoms with Gasteiger partial charge in [-0.1, -0.05) is 74.0 Å². The van der Waals surface area contributed by atoms with Crippen molar-refractivity contribution < 1.29 is 4.79 Å². The molecule has 0 N–H and O–H groups in total. The Hall–Kier alpha value is -1.88. The molecule has 1 atom stereocenters. The fourth-order valence-electron chi connectivity index (χ4n) is 3.99. The quantitative estimate of drug-likeness (QED) is 0.673. The van der Waals surface area contributed by atoms with Crippen molar-refractivity contribution in [3.05, 3.63) is 70.7 Å². The van der Waals surface area contributed by atoms with Crippen molar-refractivity contribution in [3.63, 3.8) is 0 Å². The predicted molar refractivity (Wildman–Crippen MR) is 115 cm³/mol. The first-order valence-electron chi connectivity index (χ1n) is 10.2. The van der Waals surface area contributed by atoms with Gasteiger partial charge in [-0.05, 0) is 30.0 Å². The van der Waals surface area contributed by atoms with Crippen LogP contribution in [0.5, 0.6) is 0 Å². The van der Waals surface area contributed by atoms with Gasteiger partial charge >= 0.3 is 0 Å². The Morgan fingerprint density at radius 3 is 2.29 bits per heavy atom. The second-order valence-electron chi connectivity index (χ2n) is 7.27. The molecule has 1 aliphatic heterocycles. The number of hydrogen-bond acceptors (Lipinski definition) is 3. The molecular formula is C23H30ClN3O. The van der Waals surface area contributed by atoms with Gasteiger partial charge in [0.1, 0.15) is 0 Å². The summed E-state index contributed by atoms with van der Waals surface area (Å²) < 4.78 is 0. The summed E-state index contributed by atoms with van der Waals surface area (Å²) >= 11 is 6.44. The van der Waals surface area contributed by atoms with Gasteiger partial charge in [-0.2, -0.15) is 0 Å². The zero-order chi connectivity index (χ0) is 19.9. The number of benzene rings is 2. The molecule has 0 saturated carbocycles. The average molecular weight is 400 g/mol. The molecule has 0 radical (unpaired) electrons. The van der Waals surface area contributed by atoms with Gasteiger partial charge in [-0.25, -0.2) is 5.01 Å². The fraction of sp³-hybridized carbons (Fsp3) is 0.435. The summed E-state index contributed by atoms with van der Waals surface area (Å²) in [5.74, 6) is 0.187. The van der Waals surface area contributed by atoms with E-state index in [1.54, 1.807) is 0 Å². The van der Waals surface area contributed by atoms with E-state index >= 15 is 0 Å². The Bertz CT molecular complexity index is 763. The topological polar surface area (TPSA) is 26.8 Å². The predicted octanol–water partition coefficient (Wildman–Crippen LogP) is 3.89. The molecule has 1 aliphatic rings. The summed E-state index contributed by atoms with van der Waals surface area (Å²) in [5.41, 5.74) is 2.43. The van der Waals surface area contributed by atoms with Crippen molar-refractivity contribution in [1.82, 2.24) is 14.9 Å². The highest BCUT2D eigenvalue weighted by molar-refractivity contribution is 6.31. The Labute approximate surface area is 173 Å². The van der Waals surface area contributed by atoms with Gasteiger partial charge in [-0.15, -0.1) is 0 Å². The van der Waals surface area contributed by atoms with E-state index in [4.69, 9.17) is 11.6 Å². The van der Waals surface area contributed by atoms with Crippen molar-refractivity contribution in [1.29, 1.82) is 0 Å². The third kappa shape index (κ3) is 5.13. The summed E-state index contributed by atoms with van der Waals surface area (Å²) in [4.78, 5) is 15.2. The lowest BCUT2D eigenvalue weighted by Gasteiger charge is -2.43. The maximum Gasteiger partial charge on any atom is 0.251 e. The van der Waals surface area contributed by atoms with E-state index in [1.165, 1.54) is 5.56 Å². The molecule has 1 fully saturated rings. The van der Waals surface area contributed by atoms with E-state index in [2.05, 4.69) is 54.1 Å². The number of nitrogens with zero attached hydrogens (tertiary/aromatic N) is 3. The summed E-state index contributed by atoms with van der Waals surface area (Å²) in [5, 5.41) is 4.85. The fourth-order valence-corrected chi connectivity index (χ4v) is 4.21. The van der Waals surface area contributed by atoms with E-state index < -0.39 is 0 Å². The molecule has 0 spiro atoms. The van der Waals surface area contributed by atoms with Crippen molar-refractivity contribution in [2.45, 2.75) is 32.7 Å². The SMILES string of the molecule is CCN(CC)N1CCN(C(Cc2ccccc2)Cc2ccccc2Cl)CC1=O. The molecule has 1 heterocycles. The first-order chi connectivity index (χ1) is 13.6. The monoisotopic (exact) mass is 399 g/mol. The van der Waals surface area contributed by atoms with Crippen LogP contribution in [0.2, 0.25) is 5.02 Å². The van der Waals surface area contributed by atoms with Crippen LogP contribution in [0.3, 0.4) is 0 Å². The number of carbonyl (C=O) groups is 1. The van der Waals surface area contributed by atoms with Gasteiger partial charge in [0, 0.05) is 30.7 Å². The molecular weight excluding hydrogens is 370 g/mol. The molecule has 5 heteroatoms. The minimum atomic E-state index is 0.187. The molecule has 2 aromatic carbocycles. The van der Waals surface area contributed by atoms with Crippen LogP contribution in [0.4, 0.5) is 0 Å². The van der Waals surface area contributed by atoms with E-state index in [1.807, 2.05) is 29.3 Å². The highest BCUT2D eigenvalue weighted by Gasteiger charge is 2.31. The summed E-state index contributed by atoms with van der Waals surface area (Å²) in [6.45, 7) is 7.99. The zero-order valence-electron chi connectivity index (χ0n) is 16.9. The average Bonchev–Trinajstić information content (AvgIpc) is 2.72. The molecule has 1 saturated heterocycles. The lowest BCUT2D eigenvalue weighted by atomic mass is 9.97. The third-order valence-corrected chi connectivity index (χ3v) is 5.91. The smallest absolute Gasteiger partial charge is 0.251 e. The summed E-state index contributed by atoms with van der Waals surface area (Å²) in [7, 11) is 0. The Kier molecular flexibility index (Phi) is 7.49. The molecule has 2 aromatic rings. The van der Waals surface area contributed by atoms with Crippen LogP contribution in [0.25, 0.3) is 0 Å². The van der Waals surface area contributed by atoms with Gasteiger partial charge in [-0.3, -0.25) is 14.7 Å². The summed E-state index contributed by atoms with van der Waals surface area (Å²) in [6, 6.07) is 18.8. The first kappa shape index (κ1) is 20.8. The first-order valence-corrected chi connectivity index (χ1v) is 10.6. The van der Waals surface area contributed by atoms with E-state index in [9.17, 15) is 4.79 Å². The molecule has 4 nitrogen and oxygen atoms in total. The van der Waals surface area contributed by atoms with Crippen molar-refractivity contribution >= 4 is 17.5 Å². The van der Waals surface area contributed by atoms with Crippen molar-refractivity contribution in [3.8, 4) is 0 Å². The molecule has 1 amide bonds. The number of hydrogen-bond donors (Lipinski definition) is 0. The second-order valence-corrected chi connectivity index (χ2v) is 7.67. The van der Waals surface area contributed by atoms with E-state index in [0.29, 0.717) is 6.54 Å². The van der Waals surface area contributed by atoms with Crippen LogP contribution in [0.15, 0.2) is 54.6 Å². The largest absolute Gasteiger partial charge is 0.289 e. The zero-order valence-corrected chi connectivity index (χ0v) is 17.6. The van der Waals surface area contributed by atoms with Gasteiger partial charge in [0.15, 0.2) is 0 Å². The van der Waals surface area contributed by atoms with Gasteiger partial charge in [0.2, 0.25) is 0 Å². The maximum atomic E-state index is 12.9. The lowest BCUT2D eigenvalue weighted by molar-refractivity contribution is -0.157. The van der Waals surface area contributed by atoms with Crippen molar-refractivity contribution in [2.75, 3.05) is 32.7 Å². The van der Waals surface area contributed by atoms with Crippen LogP contribution < -0.4 is 0 Å². The molecule has 0 aromatic heterocycles. The summed E-state index contributed by atoms with van der Waals surface area (Å²) in [6.07, 6.45) is 1.75. The number of piperazine rings is 1. The number of amides is 1. The molecule has 3 rings (SSSR count). The van der Waals surface area contributed by atoms with E-state index in [0.717, 1.165) is 49.6 Å². The van der Waals surface area contributed by atoms with Crippen LogP contribution in [-0.4, -0.2) is 59.6 Å². The minimum absolute atomic E-state index is 0.187. The maximum absolute atomic E-state index is 12.9. The molecule has 0 aliphatic carbocycles. The number of carbonyl (C=O) groups excluding carboxylic acids is 1. The number of hydrazine groups is 1. The van der Waals surface area contributed by atoms with Gasteiger partial charge in [0.25, 0.3) is 5.91 Å². The lowest BCUT2D eigenvalue weighted by Crippen LogP contribution is -2.59. The molecule has 0 bridgehead atoms.